The van der Waals surface area contributed by atoms with Crippen molar-refractivity contribution in [2.45, 2.75) is 71.6 Å². The molecule has 1 fully saturated rings. The van der Waals surface area contributed by atoms with E-state index in [9.17, 15) is 4.79 Å². The molecule has 0 aromatic heterocycles. The minimum atomic E-state index is -0.445. The first-order valence-electron chi connectivity index (χ1n) is 6.76. The number of hydrogen-bond donors (Lipinski definition) is 0. The fourth-order valence-corrected chi connectivity index (χ4v) is 2.15. The van der Waals surface area contributed by atoms with Crippen molar-refractivity contribution in [3.05, 3.63) is 0 Å². The molecule has 0 aliphatic carbocycles. The van der Waals surface area contributed by atoms with Crippen LogP contribution >= 0.6 is 0 Å². The zero-order valence-electron chi connectivity index (χ0n) is 12.6. The first-order valence-corrected chi connectivity index (χ1v) is 6.76. The van der Waals surface area contributed by atoms with Crippen molar-refractivity contribution in [3.63, 3.8) is 0 Å². The third-order valence-corrected chi connectivity index (χ3v) is 3.09. The van der Waals surface area contributed by atoms with Crippen molar-refractivity contribution < 1.29 is 14.3 Å². The third-order valence-electron chi connectivity index (χ3n) is 3.09. The summed E-state index contributed by atoms with van der Waals surface area (Å²) in [5.74, 6) is 0. The summed E-state index contributed by atoms with van der Waals surface area (Å²) in [5, 5.41) is 0. The number of rotatable bonds is 3. The molecular formula is C14H27NO3. The molecule has 1 unspecified atom stereocenters. The molecule has 18 heavy (non-hydrogen) atoms. The van der Waals surface area contributed by atoms with E-state index in [0.29, 0.717) is 6.61 Å². The second kappa shape index (κ2) is 5.47. The van der Waals surface area contributed by atoms with Crippen LogP contribution in [0.5, 0.6) is 0 Å². The van der Waals surface area contributed by atoms with E-state index >= 15 is 0 Å². The van der Waals surface area contributed by atoms with Crippen LogP contribution in [0.15, 0.2) is 0 Å². The molecule has 1 atom stereocenters. The number of ether oxygens (including phenoxy) is 2. The highest BCUT2D eigenvalue weighted by molar-refractivity contribution is 5.69. The van der Waals surface area contributed by atoms with Gasteiger partial charge in [-0.15, -0.1) is 0 Å². The van der Waals surface area contributed by atoms with E-state index in [0.717, 1.165) is 19.4 Å². The lowest BCUT2D eigenvalue weighted by atomic mass is 10.0. The topological polar surface area (TPSA) is 38.8 Å². The van der Waals surface area contributed by atoms with Crippen LogP contribution in [0, 0.1) is 0 Å². The Kier molecular flexibility index (Phi) is 4.65. The quantitative estimate of drug-likeness (QED) is 0.779. The molecule has 0 N–H and O–H groups in total. The number of carbonyl (C=O) groups is 1. The van der Waals surface area contributed by atoms with E-state index in [1.165, 1.54) is 0 Å². The number of carbonyl (C=O) groups excluding carboxylic acids is 1. The molecule has 1 saturated heterocycles. The smallest absolute Gasteiger partial charge is 0.410 e. The van der Waals surface area contributed by atoms with E-state index in [4.69, 9.17) is 9.47 Å². The summed E-state index contributed by atoms with van der Waals surface area (Å²) < 4.78 is 11.1. The van der Waals surface area contributed by atoms with Gasteiger partial charge in [0.2, 0.25) is 0 Å². The average molecular weight is 257 g/mol. The minimum absolute atomic E-state index is 0.183. The molecule has 0 bridgehead atoms. The van der Waals surface area contributed by atoms with E-state index in [1.807, 2.05) is 39.5 Å². The Morgan fingerprint density at radius 3 is 2.50 bits per heavy atom. The lowest BCUT2D eigenvalue weighted by Crippen LogP contribution is -2.50. The number of likely N-dealkylation sites (tertiary alicyclic amines) is 1. The van der Waals surface area contributed by atoms with Gasteiger partial charge in [-0.2, -0.15) is 0 Å². The highest BCUT2D eigenvalue weighted by atomic mass is 16.6. The fraction of sp³-hybridized carbons (Fsp3) is 0.929. The molecule has 0 saturated carbocycles. The maximum absolute atomic E-state index is 12.2. The van der Waals surface area contributed by atoms with Crippen molar-refractivity contribution in [3.8, 4) is 0 Å². The Balaban J connectivity index is 2.66. The zero-order chi connectivity index (χ0) is 14.0. The molecule has 1 aliphatic heterocycles. The van der Waals surface area contributed by atoms with Crippen molar-refractivity contribution in [1.82, 2.24) is 4.90 Å². The van der Waals surface area contributed by atoms with Gasteiger partial charge in [-0.05, 0) is 54.4 Å². The van der Waals surface area contributed by atoms with Gasteiger partial charge in [0, 0.05) is 6.54 Å². The first kappa shape index (κ1) is 15.3. The standard InChI is InChI=1S/C14H27NO3/c1-11(2)17-10-14(6)8-7-9-15(14)12(16)18-13(3,4)5/h11H,7-10H2,1-6H3. The highest BCUT2D eigenvalue weighted by Crippen LogP contribution is 2.31. The van der Waals surface area contributed by atoms with Gasteiger partial charge in [-0.3, -0.25) is 0 Å². The van der Waals surface area contributed by atoms with Gasteiger partial charge < -0.3 is 14.4 Å². The molecule has 4 heteroatoms. The average Bonchev–Trinajstić information content (AvgIpc) is 2.55. The predicted octanol–water partition coefficient (Wildman–Crippen LogP) is 3.20. The second-order valence-corrected chi connectivity index (χ2v) is 6.59. The Bertz CT molecular complexity index is 296. The second-order valence-electron chi connectivity index (χ2n) is 6.59. The predicted molar refractivity (Wildman–Crippen MR) is 71.7 cm³/mol. The highest BCUT2D eigenvalue weighted by Gasteiger charge is 2.41. The van der Waals surface area contributed by atoms with Gasteiger partial charge in [0.25, 0.3) is 0 Å². The summed E-state index contributed by atoms with van der Waals surface area (Å²) in [4.78, 5) is 14.0. The number of nitrogens with zero attached hydrogens (tertiary/aromatic N) is 1. The monoisotopic (exact) mass is 257 g/mol. The maximum atomic E-state index is 12.2. The van der Waals surface area contributed by atoms with E-state index < -0.39 is 5.60 Å². The Labute approximate surface area is 111 Å². The Morgan fingerprint density at radius 1 is 1.39 bits per heavy atom. The van der Waals surface area contributed by atoms with Crippen molar-refractivity contribution in [2.75, 3.05) is 13.2 Å². The molecule has 0 aromatic carbocycles. The van der Waals surface area contributed by atoms with Crippen molar-refractivity contribution in [2.24, 2.45) is 0 Å². The first-order chi connectivity index (χ1) is 8.14. The summed E-state index contributed by atoms with van der Waals surface area (Å²) in [6.45, 7) is 13.1. The molecule has 0 aromatic rings. The van der Waals surface area contributed by atoms with Crippen LogP contribution in [0.4, 0.5) is 4.79 Å². The van der Waals surface area contributed by atoms with Crippen LogP contribution in [0.25, 0.3) is 0 Å². The van der Waals surface area contributed by atoms with E-state index in [-0.39, 0.29) is 17.7 Å². The minimum Gasteiger partial charge on any atom is -0.444 e. The lowest BCUT2D eigenvalue weighted by molar-refractivity contribution is -0.0257. The zero-order valence-corrected chi connectivity index (χ0v) is 12.6. The summed E-state index contributed by atoms with van der Waals surface area (Å²) >= 11 is 0. The molecule has 106 valence electrons. The van der Waals surface area contributed by atoms with Crippen LogP contribution in [0.1, 0.15) is 54.4 Å². The Morgan fingerprint density at radius 2 is 2.00 bits per heavy atom. The van der Waals surface area contributed by atoms with E-state index in [1.54, 1.807) is 0 Å². The molecule has 1 heterocycles. The fourth-order valence-electron chi connectivity index (χ4n) is 2.15. The molecule has 0 radical (unpaired) electrons. The molecule has 0 spiro atoms. The molecule has 1 aliphatic rings. The van der Waals surface area contributed by atoms with E-state index in [2.05, 4.69) is 6.92 Å². The van der Waals surface area contributed by atoms with Crippen LogP contribution in [-0.2, 0) is 9.47 Å². The van der Waals surface area contributed by atoms with Gasteiger partial charge in [0.15, 0.2) is 0 Å². The van der Waals surface area contributed by atoms with Gasteiger partial charge >= 0.3 is 6.09 Å². The van der Waals surface area contributed by atoms with Crippen molar-refractivity contribution >= 4 is 6.09 Å². The van der Waals surface area contributed by atoms with Crippen molar-refractivity contribution in [1.29, 1.82) is 0 Å². The van der Waals surface area contributed by atoms with Gasteiger partial charge in [-0.25, -0.2) is 4.79 Å². The number of amides is 1. The summed E-state index contributed by atoms with van der Waals surface area (Å²) in [5.41, 5.74) is -0.675. The summed E-state index contributed by atoms with van der Waals surface area (Å²) in [7, 11) is 0. The molecule has 1 amide bonds. The van der Waals surface area contributed by atoms with Gasteiger partial charge in [-0.1, -0.05) is 0 Å². The number of hydrogen-bond acceptors (Lipinski definition) is 3. The van der Waals surface area contributed by atoms with Crippen LogP contribution in [0.3, 0.4) is 0 Å². The van der Waals surface area contributed by atoms with Crippen LogP contribution < -0.4 is 0 Å². The summed E-state index contributed by atoms with van der Waals surface area (Å²) in [6, 6.07) is 0. The summed E-state index contributed by atoms with van der Waals surface area (Å²) in [6.07, 6.45) is 1.94. The molecular weight excluding hydrogens is 230 g/mol. The maximum Gasteiger partial charge on any atom is 0.410 e. The van der Waals surface area contributed by atoms with Crippen LogP contribution in [0.2, 0.25) is 0 Å². The molecule has 1 rings (SSSR count). The van der Waals surface area contributed by atoms with Gasteiger partial charge in [0.1, 0.15) is 5.60 Å². The SMILES string of the molecule is CC(C)OCC1(C)CCCN1C(=O)OC(C)(C)C. The molecule has 4 nitrogen and oxygen atoms in total. The van der Waals surface area contributed by atoms with Crippen LogP contribution in [-0.4, -0.2) is 41.4 Å². The largest absolute Gasteiger partial charge is 0.444 e. The normalized spacial score (nSPS) is 24.7. The van der Waals surface area contributed by atoms with Gasteiger partial charge in [0.05, 0.1) is 18.2 Å². The Hall–Kier alpha value is -0.770. The third kappa shape index (κ3) is 4.16. The lowest BCUT2D eigenvalue weighted by Gasteiger charge is -2.36.